The molecule has 3 aliphatic rings. The lowest BCUT2D eigenvalue weighted by Crippen LogP contribution is -2.41. The van der Waals surface area contributed by atoms with Crippen LogP contribution in [0.15, 0.2) is 18.2 Å². The van der Waals surface area contributed by atoms with Gasteiger partial charge < -0.3 is 19.9 Å². The highest BCUT2D eigenvalue weighted by atomic mass is 16.7. The van der Waals surface area contributed by atoms with Gasteiger partial charge in [0.05, 0.1) is 12.0 Å². The maximum atomic E-state index is 11.6. The van der Waals surface area contributed by atoms with E-state index >= 15 is 0 Å². The summed E-state index contributed by atoms with van der Waals surface area (Å²) in [6.45, 7) is 3.83. The fourth-order valence-corrected chi connectivity index (χ4v) is 4.18. The van der Waals surface area contributed by atoms with Crippen molar-refractivity contribution in [2.24, 2.45) is 17.6 Å². The van der Waals surface area contributed by atoms with Gasteiger partial charge in [0, 0.05) is 18.7 Å². The van der Waals surface area contributed by atoms with E-state index in [9.17, 15) is 4.79 Å². The van der Waals surface area contributed by atoms with E-state index in [1.165, 1.54) is 5.56 Å². The predicted octanol–water partition coefficient (Wildman–Crippen LogP) is 1.52. The minimum absolute atomic E-state index is 0.0161. The first kappa shape index (κ1) is 15.7. The molecule has 0 spiro atoms. The molecule has 3 aliphatic heterocycles. The number of ether oxygens (including phenoxy) is 3. The van der Waals surface area contributed by atoms with Crippen molar-refractivity contribution in [1.29, 1.82) is 0 Å². The summed E-state index contributed by atoms with van der Waals surface area (Å²) in [4.78, 5) is 14.0. The van der Waals surface area contributed by atoms with E-state index < -0.39 is 0 Å². The molecule has 1 aromatic carbocycles. The Morgan fingerprint density at radius 1 is 1.21 bits per heavy atom. The average molecular weight is 332 g/mol. The first-order valence-electron chi connectivity index (χ1n) is 8.73. The van der Waals surface area contributed by atoms with Gasteiger partial charge >= 0.3 is 0 Å². The van der Waals surface area contributed by atoms with Gasteiger partial charge in [0.15, 0.2) is 11.5 Å². The molecule has 6 nitrogen and oxygen atoms in total. The van der Waals surface area contributed by atoms with Crippen LogP contribution in [0.2, 0.25) is 0 Å². The van der Waals surface area contributed by atoms with Crippen molar-refractivity contribution in [3.05, 3.63) is 23.8 Å². The molecule has 2 atom stereocenters. The fraction of sp³-hybridized carbons (Fsp3) is 0.611. The normalized spacial score (nSPS) is 27.5. The lowest BCUT2D eigenvalue weighted by molar-refractivity contribution is -0.124. The predicted molar refractivity (Wildman–Crippen MR) is 87.6 cm³/mol. The summed E-state index contributed by atoms with van der Waals surface area (Å²) < 4.78 is 16.9. The van der Waals surface area contributed by atoms with Crippen LogP contribution < -0.4 is 15.2 Å². The summed E-state index contributed by atoms with van der Waals surface area (Å²) in [6.07, 6.45) is 2.87. The highest BCUT2D eigenvalue weighted by Crippen LogP contribution is 2.37. The molecule has 1 amide bonds. The second-order valence-corrected chi connectivity index (χ2v) is 6.90. The number of nitrogens with zero attached hydrogens (tertiary/aromatic N) is 1. The molecule has 6 heteroatoms. The molecule has 0 saturated carbocycles. The second-order valence-electron chi connectivity index (χ2n) is 6.90. The van der Waals surface area contributed by atoms with Gasteiger partial charge in [0.2, 0.25) is 12.7 Å². The number of para-hydroxylation sites is 1. The Labute approximate surface area is 141 Å². The summed E-state index contributed by atoms with van der Waals surface area (Å²) in [7, 11) is 0. The van der Waals surface area contributed by atoms with Gasteiger partial charge in [0.1, 0.15) is 0 Å². The van der Waals surface area contributed by atoms with E-state index in [-0.39, 0.29) is 17.9 Å². The monoisotopic (exact) mass is 332 g/mol. The minimum Gasteiger partial charge on any atom is -0.454 e. The molecule has 0 radical (unpaired) electrons. The number of carbonyl (C=O) groups is 1. The van der Waals surface area contributed by atoms with E-state index in [0.29, 0.717) is 19.3 Å². The maximum Gasteiger partial charge on any atom is 0.231 e. The molecule has 24 heavy (non-hydrogen) atoms. The number of hydrogen-bond acceptors (Lipinski definition) is 5. The van der Waals surface area contributed by atoms with Crippen LogP contribution in [-0.4, -0.2) is 43.4 Å². The number of rotatable bonds is 4. The third-order valence-electron chi connectivity index (χ3n) is 5.47. The lowest BCUT2D eigenvalue weighted by Gasteiger charge is -2.35. The largest absolute Gasteiger partial charge is 0.454 e. The van der Waals surface area contributed by atoms with Crippen LogP contribution in [0, 0.1) is 11.8 Å². The molecule has 2 fully saturated rings. The van der Waals surface area contributed by atoms with Crippen LogP contribution in [0.1, 0.15) is 24.8 Å². The molecule has 2 N–H and O–H groups in total. The molecule has 0 unspecified atom stereocenters. The standard InChI is InChI=1S/C18H24N2O4/c19-18(21)14-6-9-22-16(14)12-4-7-20(8-5-12)10-13-2-1-3-15-17(13)24-11-23-15/h1-3,12,14,16H,4-11H2,(H2,19,21)/t14-,16+/m0/s1. The number of nitrogens with two attached hydrogens (primary N) is 1. The SMILES string of the molecule is NC(=O)[C@H]1CCO[C@@H]1C1CCN(Cc2cccc3c2OCO3)CC1. The topological polar surface area (TPSA) is 74.0 Å². The van der Waals surface area contributed by atoms with Crippen LogP contribution in [0.3, 0.4) is 0 Å². The molecule has 130 valence electrons. The van der Waals surface area contributed by atoms with Gasteiger partial charge in [-0.15, -0.1) is 0 Å². The van der Waals surface area contributed by atoms with Crippen LogP contribution in [0.4, 0.5) is 0 Å². The van der Waals surface area contributed by atoms with Crippen LogP contribution >= 0.6 is 0 Å². The van der Waals surface area contributed by atoms with E-state index in [1.54, 1.807) is 0 Å². The van der Waals surface area contributed by atoms with Crippen molar-refractivity contribution in [2.75, 3.05) is 26.5 Å². The Kier molecular flexibility index (Phi) is 4.33. The number of carbonyl (C=O) groups excluding carboxylic acids is 1. The van der Waals surface area contributed by atoms with Crippen LogP contribution in [-0.2, 0) is 16.1 Å². The van der Waals surface area contributed by atoms with E-state index in [2.05, 4.69) is 11.0 Å². The maximum absolute atomic E-state index is 11.6. The smallest absolute Gasteiger partial charge is 0.231 e. The number of benzene rings is 1. The van der Waals surface area contributed by atoms with Crippen molar-refractivity contribution < 1.29 is 19.0 Å². The van der Waals surface area contributed by atoms with Crippen molar-refractivity contribution in [2.45, 2.75) is 31.9 Å². The van der Waals surface area contributed by atoms with Gasteiger partial charge in [0.25, 0.3) is 0 Å². The Hall–Kier alpha value is -1.79. The Balaban J connectivity index is 1.35. The van der Waals surface area contributed by atoms with Gasteiger partial charge in [-0.2, -0.15) is 0 Å². The van der Waals surface area contributed by atoms with Gasteiger partial charge in [-0.3, -0.25) is 9.69 Å². The average Bonchev–Trinajstić information content (AvgIpc) is 3.25. The molecule has 2 saturated heterocycles. The second kappa shape index (κ2) is 6.61. The lowest BCUT2D eigenvalue weighted by atomic mass is 9.84. The quantitative estimate of drug-likeness (QED) is 0.905. The van der Waals surface area contributed by atoms with Crippen molar-refractivity contribution in [3.8, 4) is 11.5 Å². The zero-order chi connectivity index (χ0) is 16.5. The minimum atomic E-state index is -0.211. The molecule has 1 aromatic rings. The number of piperidine rings is 1. The number of hydrogen-bond donors (Lipinski definition) is 1. The highest BCUT2D eigenvalue weighted by molar-refractivity contribution is 5.77. The molecular formula is C18H24N2O4. The Bertz CT molecular complexity index is 613. The van der Waals surface area contributed by atoms with Crippen LogP contribution in [0.5, 0.6) is 11.5 Å². The summed E-state index contributed by atoms with van der Waals surface area (Å²) in [5.41, 5.74) is 6.70. The first-order valence-corrected chi connectivity index (χ1v) is 8.73. The van der Waals surface area contributed by atoms with Crippen molar-refractivity contribution in [3.63, 3.8) is 0 Å². The zero-order valence-corrected chi connectivity index (χ0v) is 13.8. The van der Waals surface area contributed by atoms with E-state index in [4.69, 9.17) is 19.9 Å². The first-order chi connectivity index (χ1) is 11.7. The van der Waals surface area contributed by atoms with Crippen LogP contribution in [0.25, 0.3) is 0 Å². The Morgan fingerprint density at radius 2 is 2.04 bits per heavy atom. The number of likely N-dealkylation sites (tertiary alicyclic amines) is 1. The molecule has 4 rings (SSSR count). The van der Waals surface area contributed by atoms with Gasteiger partial charge in [-0.05, 0) is 44.3 Å². The highest BCUT2D eigenvalue weighted by Gasteiger charge is 2.39. The summed E-state index contributed by atoms with van der Waals surface area (Å²) in [6, 6.07) is 6.06. The summed E-state index contributed by atoms with van der Waals surface area (Å²) in [5.74, 6) is 1.84. The molecular weight excluding hydrogens is 308 g/mol. The summed E-state index contributed by atoms with van der Waals surface area (Å²) >= 11 is 0. The summed E-state index contributed by atoms with van der Waals surface area (Å²) in [5, 5.41) is 0. The fourth-order valence-electron chi connectivity index (χ4n) is 4.18. The third kappa shape index (κ3) is 2.96. The number of fused-ring (bicyclic) bond motifs is 1. The zero-order valence-electron chi connectivity index (χ0n) is 13.8. The molecule has 0 aromatic heterocycles. The Morgan fingerprint density at radius 3 is 2.83 bits per heavy atom. The van der Waals surface area contributed by atoms with Crippen molar-refractivity contribution >= 4 is 5.91 Å². The van der Waals surface area contributed by atoms with E-state index in [0.717, 1.165) is 50.4 Å². The molecule has 0 bridgehead atoms. The van der Waals surface area contributed by atoms with Gasteiger partial charge in [-0.25, -0.2) is 0 Å². The van der Waals surface area contributed by atoms with E-state index in [1.807, 2.05) is 12.1 Å². The van der Waals surface area contributed by atoms with Gasteiger partial charge in [-0.1, -0.05) is 12.1 Å². The number of primary amides is 1. The molecule has 0 aliphatic carbocycles. The molecule has 3 heterocycles. The number of amides is 1. The van der Waals surface area contributed by atoms with Crippen molar-refractivity contribution in [1.82, 2.24) is 4.90 Å². The third-order valence-corrected chi connectivity index (χ3v) is 5.47.